The third-order valence-electron chi connectivity index (χ3n) is 4.03. The summed E-state index contributed by atoms with van der Waals surface area (Å²) in [6.45, 7) is 5.69. The van der Waals surface area contributed by atoms with Crippen LogP contribution < -0.4 is 0 Å². The molecule has 0 bridgehead atoms. The van der Waals surface area contributed by atoms with Crippen molar-refractivity contribution < 1.29 is 14.5 Å². The number of hydrogen-bond donors (Lipinski definition) is 0. The summed E-state index contributed by atoms with van der Waals surface area (Å²) in [6, 6.07) is 5.58. The largest absolute Gasteiger partial charge is 0.335 e. The highest BCUT2D eigenvalue weighted by atomic mass is 16.6. The van der Waals surface area contributed by atoms with Crippen LogP contribution in [0.15, 0.2) is 35.9 Å². The Kier molecular flexibility index (Phi) is 5.68. The van der Waals surface area contributed by atoms with Gasteiger partial charge in [-0.3, -0.25) is 19.7 Å². The van der Waals surface area contributed by atoms with Crippen LogP contribution in [0.1, 0.15) is 30.6 Å². The van der Waals surface area contributed by atoms with Gasteiger partial charge in [0, 0.05) is 49.4 Å². The molecule has 0 aromatic heterocycles. The van der Waals surface area contributed by atoms with E-state index in [-0.39, 0.29) is 17.5 Å². The number of nitro benzene ring substituents is 1. The van der Waals surface area contributed by atoms with E-state index in [1.165, 1.54) is 24.3 Å². The molecule has 1 fully saturated rings. The lowest BCUT2D eigenvalue weighted by Crippen LogP contribution is -2.50. The van der Waals surface area contributed by atoms with E-state index in [1.807, 2.05) is 13.0 Å². The number of amides is 2. The van der Waals surface area contributed by atoms with Crippen LogP contribution in [-0.2, 0) is 4.79 Å². The number of rotatable bonds is 4. The molecule has 0 unspecified atom stereocenters. The number of non-ortho nitro benzene ring substituents is 1. The maximum atomic E-state index is 12.4. The number of carbonyl (C=O) groups is 2. The lowest BCUT2D eigenvalue weighted by molar-refractivity contribution is -0.384. The lowest BCUT2D eigenvalue weighted by Gasteiger charge is -2.35. The van der Waals surface area contributed by atoms with Crippen LogP contribution in [0.4, 0.5) is 5.69 Å². The van der Waals surface area contributed by atoms with E-state index in [4.69, 9.17) is 0 Å². The molecule has 7 nitrogen and oxygen atoms in total. The molecule has 2 rings (SSSR count). The Morgan fingerprint density at radius 1 is 1.12 bits per heavy atom. The molecule has 2 amide bonds. The van der Waals surface area contributed by atoms with Crippen molar-refractivity contribution in [3.05, 3.63) is 51.6 Å². The third kappa shape index (κ3) is 3.98. The summed E-state index contributed by atoms with van der Waals surface area (Å²) >= 11 is 0. The molecule has 0 N–H and O–H groups in total. The van der Waals surface area contributed by atoms with E-state index < -0.39 is 4.92 Å². The van der Waals surface area contributed by atoms with E-state index in [0.717, 1.165) is 12.0 Å². The van der Waals surface area contributed by atoms with Crippen LogP contribution in [0.3, 0.4) is 0 Å². The molecule has 1 saturated heterocycles. The molecule has 7 heteroatoms. The summed E-state index contributed by atoms with van der Waals surface area (Å²) in [6.07, 6.45) is 2.72. The van der Waals surface area contributed by atoms with Gasteiger partial charge >= 0.3 is 0 Å². The van der Waals surface area contributed by atoms with Crippen molar-refractivity contribution in [2.45, 2.75) is 20.3 Å². The quantitative estimate of drug-likeness (QED) is 0.481. The molecule has 128 valence electrons. The molecule has 1 aliphatic rings. The van der Waals surface area contributed by atoms with Crippen LogP contribution in [0.25, 0.3) is 0 Å². The third-order valence-corrected chi connectivity index (χ3v) is 4.03. The highest BCUT2D eigenvalue weighted by Crippen LogP contribution is 2.15. The Labute approximate surface area is 140 Å². The van der Waals surface area contributed by atoms with Gasteiger partial charge in [0.25, 0.3) is 11.6 Å². The molecule has 0 radical (unpaired) electrons. The summed E-state index contributed by atoms with van der Waals surface area (Å²) in [5.41, 5.74) is 1.11. The molecule has 1 heterocycles. The predicted molar refractivity (Wildman–Crippen MR) is 89.6 cm³/mol. The molecule has 1 aromatic rings. The first-order valence-electron chi connectivity index (χ1n) is 7.93. The summed E-state index contributed by atoms with van der Waals surface area (Å²) in [7, 11) is 0. The van der Waals surface area contributed by atoms with Gasteiger partial charge in [-0.05, 0) is 25.5 Å². The number of nitro groups is 1. The monoisotopic (exact) mass is 331 g/mol. The molecule has 1 aromatic carbocycles. The van der Waals surface area contributed by atoms with Crippen molar-refractivity contribution in [1.29, 1.82) is 0 Å². The van der Waals surface area contributed by atoms with Crippen LogP contribution in [0.2, 0.25) is 0 Å². The van der Waals surface area contributed by atoms with Gasteiger partial charge in [-0.15, -0.1) is 0 Å². The highest BCUT2D eigenvalue weighted by molar-refractivity contribution is 5.95. The summed E-state index contributed by atoms with van der Waals surface area (Å²) < 4.78 is 0. The molecular weight excluding hydrogens is 310 g/mol. The fourth-order valence-electron chi connectivity index (χ4n) is 2.66. The average Bonchev–Trinajstić information content (AvgIpc) is 2.61. The summed E-state index contributed by atoms with van der Waals surface area (Å²) in [5, 5.41) is 10.7. The van der Waals surface area contributed by atoms with Gasteiger partial charge in [0.05, 0.1) is 4.92 Å². The number of benzene rings is 1. The lowest BCUT2D eigenvalue weighted by atomic mass is 10.1. The minimum absolute atomic E-state index is 0.0132. The van der Waals surface area contributed by atoms with Crippen LogP contribution in [-0.4, -0.2) is 52.7 Å². The minimum Gasteiger partial charge on any atom is -0.335 e. The number of piperazine rings is 1. The highest BCUT2D eigenvalue weighted by Gasteiger charge is 2.25. The van der Waals surface area contributed by atoms with Crippen LogP contribution >= 0.6 is 0 Å². The van der Waals surface area contributed by atoms with Crippen molar-refractivity contribution in [2.75, 3.05) is 26.2 Å². The second-order valence-corrected chi connectivity index (χ2v) is 5.68. The number of nitrogens with zero attached hydrogens (tertiary/aromatic N) is 3. The normalized spacial score (nSPS) is 15.3. The Morgan fingerprint density at radius 3 is 2.17 bits per heavy atom. The summed E-state index contributed by atoms with van der Waals surface area (Å²) in [5.74, 6) is -0.155. The first kappa shape index (κ1) is 17.7. The van der Waals surface area contributed by atoms with Crippen molar-refractivity contribution >= 4 is 17.5 Å². The molecule has 24 heavy (non-hydrogen) atoms. The van der Waals surface area contributed by atoms with Gasteiger partial charge in [0.15, 0.2) is 0 Å². The van der Waals surface area contributed by atoms with Gasteiger partial charge in [-0.1, -0.05) is 13.0 Å². The SMILES string of the molecule is CC/C=C(\C)C(=O)N1CCN(C(=O)c2ccc([N+](=O)[O-])cc2)CC1. The molecule has 1 aliphatic heterocycles. The molecular formula is C17H21N3O4. The molecule has 0 saturated carbocycles. The fraction of sp³-hybridized carbons (Fsp3) is 0.412. The standard InChI is InChI=1S/C17H21N3O4/c1-3-4-13(2)16(21)18-9-11-19(12-10-18)17(22)14-5-7-15(8-6-14)20(23)24/h4-8H,3,9-12H2,1-2H3/b13-4+. The maximum Gasteiger partial charge on any atom is 0.269 e. The maximum absolute atomic E-state index is 12.4. The number of allylic oxidation sites excluding steroid dienone is 1. The second-order valence-electron chi connectivity index (χ2n) is 5.68. The number of carbonyl (C=O) groups excluding carboxylic acids is 2. The van der Waals surface area contributed by atoms with Crippen LogP contribution in [0, 0.1) is 10.1 Å². The molecule has 0 spiro atoms. The van der Waals surface area contributed by atoms with Crippen LogP contribution in [0.5, 0.6) is 0 Å². The minimum atomic E-state index is -0.495. The van der Waals surface area contributed by atoms with Gasteiger partial charge < -0.3 is 9.80 Å². The van der Waals surface area contributed by atoms with Crippen molar-refractivity contribution in [3.63, 3.8) is 0 Å². The van der Waals surface area contributed by atoms with Crippen molar-refractivity contribution in [2.24, 2.45) is 0 Å². The Bertz CT molecular complexity index is 659. The Morgan fingerprint density at radius 2 is 1.67 bits per heavy atom. The summed E-state index contributed by atoms with van der Waals surface area (Å²) in [4.78, 5) is 38.2. The second kappa shape index (κ2) is 7.72. The molecule has 0 aliphatic carbocycles. The van der Waals surface area contributed by atoms with Gasteiger partial charge in [0.2, 0.25) is 5.91 Å². The van der Waals surface area contributed by atoms with Gasteiger partial charge in [-0.25, -0.2) is 0 Å². The van der Waals surface area contributed by atoms with Gasteiger partial charge in [0.1, 0.15) is 0 Å². The smallest absolute Gasteiger partial charge is 0.269 e. The van der Waals surface area contributed by atoms with Crippen molar-refractivity contribution in [1.82, 2.24) is 9.80 Å². The first-order valence-corrected chi connectivity index (χ1v) is 7.93. The van der Waals surface area contributed by atoms with E-state index in [2.05, 4.69) is 0 Å². The zero-order chi connectivity index (χ0) is 17.7. The van der Waals surface area contributed by atoms with E-state index >= 15 is 0 Å². The Hall–Kier alpha value is -2.70. The molecule has 0 atom stereocenters. The Balaban J connectivity index is 1.96. The number of hydrogen-bond acceptors (Lipinski definition) is 4. The van der Waals surface area contributed by atoms with E-state index in [0.29, 0.717) is 31.7 Å². The zero-order valence-corrected chi connectivity index (χ0v) is 13.9. The predicted octanol–water partition coefficient (Wildman–Crippen LogP) is 2.24. The van der Waals surface area contributed by atoms with E-state index in [1.54, 1.807) is 16.7 Å². The average molecular weight is 331 g/mol. The topological polar surface area (TPSA) is 83.8 Å². The first-order chi connectivity index (χ1) is 11.4. The fourth-order valence-corrected chi connectivity index (χ4v) is 2.66. The zero-order valence-electron chi connectivity index (χ0n) is 13.9. The van der Waals surface area contributed by atoms with E-state index in [9.17, 15) is 19.7 Å². The van der Waals surface area contributed by atoms with Gasteiger partial charge in [-0.2, -0.15) is 0 Å². The van der Waals surface area contributed by atoms with Crippen molar-refractivity contribution in [3.8, 4) is 0 Å².